The zero-order valence-electron chi connectivity index (χ0n) is 24.4. The van der Waals surface area contributed by atoms with Gasteiger partial charge in [0.1, 0.15) is 23.5 Å². The fourth-order valence-corrected chi connectivity index (χ4v) is 7.83. The third-order valence-electron chi connectivity index (χ3n) is 9.34. The van der Waals surface area contributed by atoms with Crippen molar-refractivity contribution in [2.75, 3.05) is 6.54 Å². The number of fused-ring (bicyclic) bond motifs is 3. The van der Waals surface area contributed by atoms with Crippen LogP contribution in [-0.4, -0.2) is 77.6 Å². The van der Waals surface area contributed by atoms with Gasteiger partial charge in [0.25, 0.3) is 5.91 Å². The number of nitrogens with zero attached hydrogens (tertiary/aromatic N) is 2. The second-order valence-corrected chi connectivity index (χ2v) is 14.6. The quantitative estimate of drug-likeness (QED) is 0.421. The number of hydrogen-bond donors (Lipinski definition) is 3. The molecule has 238 valence electrons. The van der Waals surface area contributed by atoms with Crippen molar-refractivity contribution in [1.29, 1.82) is 0 Å². The number of carbonyl (C=O) groups excluding carboxylic acids is 4. The molecule has 3 aliphatic heterocycles. The van der Waals surface area contributed by atoms with Crippen molar-refractivity contribution in [2.45, 2.75) is 99.9 Å². The number of amides is 4. The van der Waals surface area contributed by atoms with Gasteiger partial charge in [0.15, 0.2) is 0 Å². The molecule has 5 atom stereocenters. The molecule has 12 nitrogen and oxygen atoms in total. The van der Waals surface area contributed by atoms with Gasteiger partial charge in [0, 0.05) is 24.4 Å². The minimum Gasteiger partial charge on any atom is -0.444 e. The maximum Gasteiger partial charge on any atom is 0.410 e. The Labute approximate surface area is 255 Å². The van der Waals surface area contributed by atoms with E-state index in [1.807, 2.05) is 12.2 Å². The van der Waals surface area contributed by atoms with Crippen LogP contribution in [0, 0.1) is 11.7 Å². The molecule has 4 amide bonds. The van der Waals surface area contributed by atoms with E-state index in [-0.39, 0.29) is 32.5 Å². The van der Waals surface area contributed by atoms with Crippen molar-refractivity contribution < 1.29 is 36.7 Å². The van der Waals surface area contributed by atoms with E-state index in [0.29, 0.717) is 36.8 Å². The summed E-state index contributed by atoms with van der Waals surface area (Å²) in [5.41, 5.74) is 5.89. The number of hydrogen-bond acceptors (Lipinski definition) is 8. The Morgan fingerprint density at radius 2 is 1.91 bits per heavy atom. The molecule has 0 bridgehead atoms. The van der Waals surface area contributed by atoms with Crippen molar-refractivity contribution in [3.05, 3.63) is 47.3 Å². The van der Waals surface area contributed by atoms with Gasteiger partial charge in [-0.1, -0.05) is 37.1 Å². The monoisotopic (exact) mass is 631 g/mol. The van der Waals surface area contributed by atoms with Gasteiger partial charge in [0.05, 0.1) is 24.4 Å². The molecule has 44 heavy (non-hydrogen) atoms. The zero-order valence-corrected chi connectivity index (χ0v) is 25.2. The Hall–Kier alpha value is -3.52. The predicted octanol–water partition coefficient (Wildman–Crippen LogP) is 1.58. The highest BCUT2D eigenvalue weighted by atomic mass is 32.2. The summed E-state index contributed by atoms with van der Waals surface area (Å²) in [6, 6.07) is 2.68. The second-order valence-electron chi connectivity index (χ2n) is 12.6. The Bertz CT molecular complexity index is 1500. The fraction of sp³-hybridized carbons (Fsp3) is 0.600. The van der Waals surface area contributed by atoms with Crippen LogP contribution in [0.5, 0.6) is 0 Å². The summed E-state index contributed by atoms with van der Waals surface area (Å²) in [6.07, 6.45) is 6.91. The van der Waals surface area contributed by atoms with Gasteiger partial charge in [-0.3, -0.25) is 24.0 Å². The van der Waals surface area contributed by atoms with Crippen molar-refractivity contribution in [3.8, 4) is 0 Å². The summed E-state index contributed by atoms with van der Waals surface area (Å²) < 4.78 is 47.3. The van der Waals surface area contributed by atoms with E-state index in [1.165, 1.54) is 15.9 Å². The van der Waals surface area contributed by atoms with Crippen LogP contribution >= 0.6 is 0 Å². The van der Waals surface area contributed by atoms with Gasteiger partial charge < -0.3 is 20.7 Å². The summed E-state index contributed by atoms with van der Waals surface area (Å²) in [4.78, 5) is 56.5. The van der Waals surface area contributed by atoms with Gasteiger partial charge >= 0.3 is 6.09 Å². The van der Waals surface area contributed by atoms with E-state index in [9.17, 15) is 32.0 Å². The molecule has 0 spiro atoms. The van der Waals surface area contributed by atoms with Gasteiger partial charge in [0.2, 0.25) is 21.8 Å². The fourth-order valence-electron chi connectivity index (χ4n) is 6.47. The van der Waals surface area contributed by atoms with E-state index >= 15 is 0 Å². The molecule has 6 rings (SSSR count). The van der Waals surface area contributed by atoms with Gasteiger partial charge in [-0.2, -0.15) is 0 Å². The van der Waals surface area contributed by atoms with Crippen LogP contribution < -0.4 is 15.8 Å². The summed E-state index contributed by atoms with van der Waals surface area (Å²) in [7, 11) is -3.86. The first kappa shape index (κ1) is 30.5. The molecule has 3 heterocycles. The Morgan fingerprint density at radius 1 is 1.11 bits per heavy atom. The highest BCUT2D eigenvalue weighted by Crippen LogP contribution is 2.46. The van der Waals surface area contributed by atoms with Crippen LogP contribution in [0.2, 0.25) is 0 Å². The topological polar surface area (TPSA) is 168 Å². The molecule has 5 aliphatic rings. The van der Waals surface area contributed by atoms with Gasteiger partial charge in [-0.05, 0) is 50.2 Å². The maximum absolute atomic E-state index is 14.2. The van der Waals surface area contributed by atoms with E-state index in [4.69, 9.17) is 10.5 Å². The maximum atomic E-state index is 14.2. The first-order valence-electron chi connectivity index (χ1n) is 15.3. The number of rotatable bonds is 4. The number of sulfonamides is 1. The number of benzene rings is 1. The molecule has 4 N–H and O–H groups in total. The SMILES string of the molecule is N[C@H]1CCCCCC=C[C@@H]2C[C@@]2(C(=O)NS(=O)(=O)C2CC2)NC(=O)[C@@H]2C[C@@H](OC(=O)N3Cc4cccc(F)c4C3)CN2C1=O. The minimum absolute atomic E-state index is 0.0379. The number of carbonyl (C=O) groups is 4. The van der Waals surface area contributed by atoms with Gasteiger partial charge in [-0.15, -0.1) is 0 Å². The van der Waals surface area contributed by atoms with Crippen molar-refractivity contribution in [3.63, 3.8) is 0 Å². The van der Waals surface area contributed by atoms with Crippen molar-refractivity contribution >= 4 is 33.8 Å². The highest BCUT2D eigenvalue weighted by molar-refractivity contribution is 7.91. The van der Waals surface area contributed by atoms with Crippen LogP contribution in [0.15, 0.2) is 30.4 Å². The van der Waals surface area contributed by atoms with E-state index in [1.54, 1.807) is 12.1 Å². The van der Waals surface area contributed by atoms with Crippen LogP contribution in [0.25, 0.3) is 0 Å². The largest absolute Gasteiger partial charge is 0.444 e. The van der Waals surface area contributed by atoms with Crippen molar-refractivity contribution in [2.24, 2.45) is 11.7 Å². The normalized spacial score (nSPS) is 30.8. The lowest BCUT2D eigenvalue weighted by molar-refractivity contribution is -0.140. The average molecular weight is 632 g/mol. The van der Waals surface area contributed by atoms with Crippen LogP contribution in [0.1, 0.15) is 68.9 Å². The first-order valence-corrected chi connectivity index (χ1v) is 16.9. The number of nitrogens with one attached hydrogen (secondary N) is 2. The molecular weight excluding hydrogens is 593 g/mol. The molecular formula is C30H38FN5O7S. The van der Waals surface area contributed by atoms with Crippen molar-refractivity contribution in [1.82, 2.24) is 19.8 Å². The van der Waals surface area contributed by atoms with Crippen LogP contribution in [0.4, 0.5) is 9.18 Å². The van der Waals surface area contributed by atoms with E-state index in [2.05, 4.69) is 10.0 Å². The van der Waals surface area contributed by atoms with Gasteiger partial charge in [-0.25, -0.2) is 17.6 Å². The molecule has 1 saturated heterocycles. The number of halogens is 1. The molecule has 14 heteroatoms. The zero-order chi connectivity index (χ0) is 31.2. The Balaban J connectivity index is 1.20. The molecule has 1 aromatic rings. The highest BCUT2D eigenvalue weighted by Gasteiger charge is 2.62. The summed E-state index contributed by atoms with van der Waals surface area (Å²) in [5.74, 6) is -2.73. The van der Waals surface area contributed by atoms with Crippen LogP contribution in [-0.2, 0) is 42.2 Å². The lowest BCUT2D eigenvalue weighted by Crippen LogP contribution is -2.57. The lowest BCUT2D eigenvalue weighted by Gasteiger charge is -2.28. The third-order valence-corrected chi connectivity index (χ3v) is 11.2. The molecule has 0 aromatic heterocycles. The third kappa shape index (κ3) is 6.06. The minimum atomic E-state index is -3.86. The molecule has 0 unspecified atom stereocenters. The second kappa shape index (κ2) is 11.8. The Morgan fingerprint density at radius 3 is 2.66 bits per heavy atom. The number of allylic oxidation sites excluding steroid dienone is 1. The van der Waals surface area contributed by atoms with E-state index < -0.39 is 74.5 Å². The standard InChI is InChI=1S/C30H38FN5O7S/c31-23-9-6-7-18-15-35(17-22(18)23)29(40)43-20-13-25-26(37)33-30(28(39)34-44(41,42)21-11-12-21)14-19(30)8-4-2-1-3-5-10-24(32)27(38)36(25)16-20/h4,6-9,19-21,24-25H,1-3,5,10-17,32H2,(H,33,37)(H,34,39)/t19-,20-,24+,25+,30-/m1/s1. The summed E-state index contributed by atoms with van der Waals surface area (Å²) in [5, 5.41) is 2.16. The molecule has 2 aliphatic carbocycles. The predicted molar refractivity (Wildman–Crippen MR) is 155 cm³/mol. The Kier molecular flexibility index (Phi) is 8.16. The average Bonchev–Trinajstić information content (AvgIpc) is 3.86. The van der Waals surface area contributed by atoms with Crippen LogP contribution in [0.3, 0.4) is 0 Å². The van der Waals surface area contributed by atoms with E-state index in [0.717, 1.165) is 19.3 Å². The summed E-state index contributed by atoms with van der Waals surface area (Å²) in [6.45, 7) is 0.137. The molecule has 3 fully saturated rings. The molecule has 2 saturated carbocycles. The number of ether oxygens (including phenoxy) is 1. The molecule has 0 radical (unpaired) electrons. The smallest absolute Gasteiger partial charge is 0.410 e. The lowest BCUT2D eigenvalue weighted by atomic mass is 10.1. The number of nitrogens with two attached hydrogens (primary N) is 1. The summed E-state index contributed by atoms with van der Waals surface area (Å²) >= 11 is 0. The first-order chi connectivity index (χ1) is 21.0. The molecule has 1 aromatic carbocycles.